The van der Waals surface area contributed by atoms with E-state index in [1.165, 1.54) is 7.11 Å². The summed E-state index contributed by atoms with van der Waals surface area (Å²) in [5, 5.41) is 14.0. The van der Waals surface area contributed by atoms with E-state index in [2.05, 4.69) is 15.4 Å². The molecule has 1 heterocycles. The summed E-state index contributed by atoms with van der Waals surface area (Å²) in [7, 11) is 1.23. The van der Waals surface area contributed by atoms with Gasteiger partial charge in [0, 0.05) is 26.2 Å². The number of carboxylic acid groups (broad SMARTS) is 1. The molecule has 0 aliphatic carbocycles. The van der Waals surface area contributed by atoms with Gasteiger partial charge in [0.15, 0.2) is 0 Å². The normalized spacial score (nSPS) is 16.8. The second-order valence-corrected chi connectivity index (χ2v) is 4.92. The maximum atomic E-state index is 11.7. The van der Waals surface area contributed by atoms with Gasteiger partial charge in [0.05, 0.1) is 7.11 Å². The standard InChI is InChI=1S/C13H22N2O6/c1-20-11(16)3-2-10(12(17)18)15-13(19)14-8-9-4-6-21-7-5-9/h9-10H,2-8H2,1H3,(H,17,18)(H2,14,15,19)/t10-/m1/s1. The van der Waals surface area contributed by atoms with Crippen LogP contribution in [-0.2, 0) is 19.1 Å². The molecule has 1 fully saturated rings. The van der Waals surface area contributed by atoms with Gasteiger partial charge >= 0.3 is 18.0 Å². The number of carbonyl (C=O) groups excluding carboxylic acids is 2. The topological polar surface area (TPSA) is 114 Å². The lowest BCUT2D eigenvalue weighted by atomic mass is 10.0. The first-order chi connectivity index (χ1) is 10.0. The number of methoxy groups -OCH3 is 1. The Hall–Kier alpha value is -1.83. The lowest BCUT2D eigenvalue weighted by molar-refractivity contribution is -0.142. The Kier molecular flexibility index (Phi) is 7.52. The highest BCUT2D eigenvalue weighted by molar-refractivity contribution is 5.83. The van der Waals surface area contributed by atoms with Gasteiger partial charge in [0.25, 0.3) is 0 Å². The molecule has 0 saturated carbocycles. The summed E-state index contributed by atoms with van der Waals surface area (Å²) in [6.45, 7) is 1.86. The van der Waals surface area contributed by atoms with E-state index in [0.29, 0.717) is 25.7 Å². The minimum atomic E-state index is -1.18. The molecule has 120 valence electrons. The maximum absolute atomic E-state index is 11.7. The molecular weight excluding hydrogens is 280 g/mol. The molecule has 1 rings (SSSR count). The van der Waals surface area contributed by atoms with Crippen LogP contribution in [0.5, 0.6) is 0 Å². The summed E-state index contributed by atoms with van der Waals surface area (Å²) >= 11 is 0. The van der Waals surface area contributed by atoms with Crippen LogP contribution in [0.1, 0.15) is 25.7 Å². The van der Waals surface area contributed by atoms with E-state index in [1.807, 2.05) is 0 Å². The predicted molar refractivity (Wildman–Crippen MR) is 72.8 cm³/mol. The van der Waals surface area contributed by atoms with Crippen molar-refractivity contribution in [2.75, 3.05) is 26.9 Å². The number of ether oxygens (including phenoxy) is 2. The molecule has 0 bridgehead atoms. The highest BCUT2D eigenvalue weighted by Crippen LogP contribution is 2.13. The van der Waals surface area contributed by atoms with Gasteiger partial charge in [-0.3, -0.25) is 4.79 Å². The van der Waals surface area contributed by atoms with Crippen molar-refractivity contribution in [3.63, 3.8) is 0 Å². The fourth-order valence-corrected chi connectivity index (χ4v) is 2.02. The van der Waals surface area contributed by atoms with Crippen LogP contribution in [0.25, 0.3) is 0 Å². The van der Waals surface area contributed by atoms with Crippen molar-refractivity contribution in [3.05, 3.63) is 0 Å². The average molecular weight is 302 g/mol. The molecular formula is C13H22N2O6. The molecule has 8 heteroatoms. The van der Waals surface area contributed by atoms with E-state index in [0.717, 1.165) is 12.8 Å². The summed E-state index contributed by atoms with van der Waals surface area (Å²) in [4.78, 5) is 33.7. The Morgan fingerprint density at radius 3 is 2.57 bits per heavy atom. The summed E-state index contributed by atoms with van der Waals surface area (Å²) in [6.07, 6.45) is 1.69. The van der Waals surface area contributed by atoms with E-state index in [1.54, 1.807) is 0 Å². The number of rotatable bonds is 7. The van der Waals surface area contributed by atoms with Gasteiger partial charge in [0.1, 0.15) is 6.04 Å². The average Bonchev–Trinajstić information content (AvgIpc) is 2.49. The second kappa shape index (κ2) is 9.17. The number of carbonyl (C=O) groups is 3. The van der Waals surface area contributed by atoms with Crippen LogP contribution in [0.2, 0.25) is 0 Å². The monoisotopic (exact) mass is 302 g/mol. The fraction of sp³-hybridized carbons (Fsp3) is 0.769. The number of amides is 2. The number of esters is 1. The van der Waals surface area contributed by atoms with Crippen LogP contribution in [0, 0.1) is 5.92 Å². The molecule has 3 N–H and O–H groups in total. The fourth-order valence-electron chi connectivity index (χ4n) is 2.02. The van der Waals surface area contributed by atoms with Crippen LogP contribution in [0.4, 0.5) is 4.79 Å². The molecule has 1 saturated heterocycles. The van der Waals surface area contributed by atoms with Crippen molar-refractivity contribution < 1.29 is 29.0 Å². The van der Waals surface area contributed by atoms with Crippen LogP contribution in [0.15, 0.2) is 0 Å². The van der Waals surface area contributed by atoms with Gasteiger partial charge in [-0.25, -0.2) is 9.59 Å². The first-order valence-electron chi connectivity index (χ1n) is 6.94. The van der Waals surface area contributed by atoms with Gasteiger partial charge in [-0.15, -0.1) is 0 Å². The molecule has 1 aliphatic heterocycles. The number of carboxylic acids is 1. The third kappa shape index (κ3) is 6.94. The number of hydrogen-bond acceptors (Lipinski definition) is 5. The van der Waals surface area contributed by atoms with E-state index < -0.39 is 24.0 Å². The Balaban J connectivity index is 2.30. The lowest BCUT2D eigenvalue weighted by Gasteiger charge is -2.22. The zero-order chi connectivity index (χ0) is 15.7. The van der Waals surface area contributed by atoms with Crippen molar-refractivity contribution in [2.45, 2.75) is 31.7 Å². The number of nitrogens with one attached hydrogen (secondary N) is 2. The SMILES string of the molecule is COC(=O)CC[C@@H](NC(=O)NCC1CCOCC1)C(=O)O. The highest BCUT2D eigenvalue weighted by Gasteiger charge is 2.22. The van der Waals surface area contributed by atoms with Gasteiger partial charge in [-0.2, -0.15) is 0 Å². The van der Waals surface area contributed by atoms with E-state index in [-0.39, 0.29) is 12.8 Å². The van der Waals surface area contributed by atoms with Gasteiger partial charge in [-0.05, 0) is 25.2 Å². The predicted octanol–water partition coefficient (Wildman–Crippen LogP) is 0.119. The molecule has 0 spiro atoms. The molecule has 8 nitrogen and oxygen atoms in total. The minimum Gasteiger partial charge on any atom is -0.480 e. The van der Waals surface area contributed by atoms with Crippen molar-refractivity contribution in [3.8, 4) is 0 Å². The van der Waals surface area contributed by atoms with Crippen molar-refractivity contribution >= 4 is 18.0 Å². The molecule has 1 atom stereocenters. The highest BCUT2D eigenvalue weighted by atomic mass is 16.5. The Morgan fingerprint density at radius 1 is 1.33 bits per heavy atom. The number of aliphatic carboxylic acids is 1. The molecule has 2 amide bonds. The Labute approximate surface area is 123 Å². The van der Waals surface area contributed by atoms with Gasteiger partial charge in [-0.1, -0.05) is 0 Å². The zero-order valence-corrected chi connectivity index (χ0v) is 12.1. The molecule has 21 heavy (non-hydrogen) atoms. The molecule has 0 aromatic carbocycles. The van der Waals surface area contributed by atoms with Crippen molar-refractivity contribution in [2.24, 2.45) is 5.92 Å². The second-order valence-electron chi connectivity index (χ2n) is 4.92. The lowest BCUT2D eigenvalue weighted by Crippen LogP contribution is -2.47. The maximum Gasteiger partial charge on any atom is 0.326 e. The van der Waals surface area contributed by atoms with Crippen LogP contribution in [-0.4, -0.2) is 56.0 Å². The Morgan fingerprint density at radius 2 is 2.00 bits per heavy atom. The van der Waals surface area contributed by atoms with Crippen molar-refractivity contribution in [1.29, 1.82) is 0 Å². The van der Waals surface area contributed by atoms with E-state index >= 15 is 0 Å². The smallest absolute Gasteiger partial charge is 0.326 e. The van der Waals surface area contributed by atoms with Crippen molar-refractivity contribution in [1.82, 2.24) is 10.6 Å². The summed E-state index contributed by atoms with van der Waals surface area (Å²) in [6, 6.07) is -1.66. The summed E-state index contributed by atoms with van der Waals surface area (Å²) < 4.78 is 9.66. The van der Waals surface area contributed by atoms with Gasteiger partial charge in [0.2, 0.25) is 0 Å². The summed E-state index contributed by atoms with van der Waals surface area (Å²) in [5.41, 5.74) is 0. The van der Waals surface area contributed by atoms with Gasteiger partial charge < -0.3 is 25.2 Å². The molecule has 0 radical (unpaired) electrons. The Bertz CT molecular complexity index is 368. The minimum absolute atomic E-state index is 0.00725. The van der Waals surface area contributed by atoms with Crippen LogP contribution < -0.4 is 10.6 Å². The molecule has 0 unspecified atom stereocenters. The number of urea groups is 1. The number of hydrogen-bond donors (Lipinski definition) is 3. The zero-order valence-electron chi connectivity index (χ0n) is 12.1. The van der Waals surface area contributed by atoms with Crippen LogP contribution >= 0.6 is 0 Å². The first kappa shape index (κ1) is 17.2. The third-order valence-corrected chi connectivity index (χ3v) is 3.36. The summed E-state index contributed by atoms with van der Waals surface area (Å²) in [5.74, 6) is -1.34. The van der Waals surface area contributed by atoms with Crippen LogP contribution in [0.3, 0.4) is 0 Å². The van der Waals surface area contributed by atoms with E-state index in [4.69, 9.17) is 9.84 Å². The molecule has 1 aliphatic rings. The first-order valence-corrected chi connectivity index (χ1v) is 6.94. The quantitative estimate of drug-likeness (QED) is 0.575. The van der Waals surface area contributed by atoms with E-state index in [9.17, 15) is 14.4 Å². The molecule has 0 aromatic heterocycles. The third-order valence-electron chi connectivity index (χ3n) is 3.36. The largest absolute Gasteiger partial charge is 0.480 e. The molecule has 0 aromatic rings.